The minimum atomic E-state index is -4.02. The van der Waals surface area contributed by atoms with Crippen molar-refractivity contribution in [2.45, 2.75) is 4.90 Å². The fourth-order valence-electron chi connectivity index (χ4n) is 1.76. The third-order valence-corrected chi connectivity index (χ3v) is 6.04. The van der Waals surface area contributed by atoms with E-state index in [1.807, 2.05) is 4.83 Å². The molecule has 0 spiro atoms. The van der Waals surface area contributed by atoms with Crippen LogP contribution in [0.2, 0.25) is 5.02 Å². The molecule has 0 heterocycles. The van der Waals surface area contributed by atoms with Gasteiger partial charge in [0.2, 0.25) is 10.0 Å². The monoisotopic (exact) mass is 386 g/mol. The van der Waals surface area contributed by atoms with Crippen molar-refractivity contribution in [2.75, 3.05) is 7.05 Å². The van der Waals surface area contributed by atoms with Gasteiger partial charge in [0.25, 0.3) is 10.0 Å². The van der Waals surface area contributed by atoms with Crippen molar-refractivity contribution in [3.63, 3.8) is 0 Å². The molecule has 0 fully saturated rings. The summed E-state index contributed by atoms with van der Waals surface area (Å²) in [6.45, 7) is 0. The standard InChI is InChI=1S/C15H15ClN2O4S2/c1-18(24(21,22)15-9-7-14(16)8-10-15)17-23(19,20)12-11-13-5-3-2-4-6-13/h2-12,17H,1H3/b12-11+. The smallest absolute Gasteiger partial charge is 0.206 e. The lowest BCUT2D eigenvalue weighted by atomic mass is 10.2. The van der Waals surface area contributed by atoms with E-state index >= 15 is 0 Å². The SMILES string of the molecule is CN(NS(=O)(=O)/C=C/c1ccccc1)S(=O)(=O)c1ccc(Cl)cc1. The first-order chi connectivity index (χ1) is 11.2. The first kappa shape index (κ1) is 18.6. The van der Waals surface area contributed by atoms with Crippen molar-refractivity contribution in [1.29, 1.82) is 0 Å². The Balaban J connectivity index is 2.16. The quantitative estimate of drug-likeness (QED) is 0.773. The van der Waals surface area contributed by atoms with Gasteiger partial charge in [0, 0.05) is 17.5 Å². The molecular weight excluding hydrogens is 372 g/mol. The molecule has 2 aromatic rings. The number of halogens is 1. The summed E-state index contributed by atoms with van der Waals surface area (Å²) < 4.78 is 49.2. The minimum absolute atomic E-state index is 0.0795. The van der Waals surface area contributed by atoms with Gasteiger partial charge in [-0.25, -0.2) is 16.8 Å². The van der Waals surface area contributed by atoms with Gasteiger partial charge in [-0.2, -0.15) is 0 Å². The van der Waals surface area contributed by atoms with E-state index in [0.29, 0.717) is 15.0 Å². The number of hydrogen-bond donors (Lipinski definition) is 1. The van der Waals surface area contributed by atoms with Crippen molar-refractivity contribution < 1.29 is 16.8 Å². The van der Waals surface area contributed by atoms with E-state index in [-0.39, 0.29) is 4.90 Å². The number of sulfonamides is 2. The zero-order chi connectivity index (χ0) is 17.8. The molecule has 1 N–H and O–H groups in total. The van der Waals surface area contributed by atoms with Crippen LogP contribution in [0.3, 0.4) is 0 Å². The van der Waals surface area contributed by atoms with Crippen LogP contribution < -0.4 is 4.83 Å². The number of nitrogens with one attached hydrogen (secondary N) is 1. The van der Waals surface area contributed by atoms with Crippen LogP contribution in [-0.2, 0) is 20.0 Å². The molecule has 0 saturated heterocycles. The first-order valence-electron chi connectivity index (χ1n) is 6.71. The number of rotatable bonds is 6. The van der Waals surface area contributed by atoms with Gasteiger partial charge in [0.05, 0.1) is 4.90 Å². The number of hydrazine groups is 1. The van der Waals surface area contributed by atoms with Gasteiger partial charge in [0.15, 0.2) is 0 Å². The van der Waals surface area contributed by atoms with Gasteiger partial charge in [0.1, 0.15) is 0 Å². The fraction of sp³-hybridized carbons (Fsp3) is 0.0667. The van der Waals surface area contributed by atoms with Crippen molar-refractivity contribution in [3.05, 3.63) is 70.6 Å². The highest BCUT2D eigenvalue weighted by Crippen LogP contribution is 2.17. The van der Waals surface area contributed by atoms with Crippen LogP contribution in [0, 0.1) is 0 Å². The van der Waals surface area contributed by atoms with E-state index in [2.05, 4.69) is 0 Å². The third kappa shape index (κ3) is 4.89. The molecule has 0 aliphatic carbocycles. The molecule has 128 valence electrons. The van der Waals surface area contributed by atoms with E-state index in [4.69, 9.17) is 11.6 Å². The van der Waals surface area contributed by atoms with Gasteiger partial charge in [-0.3, -0.25) is 0 Å². The summed E-state index contributed by atoms with van der Waals surface area (Å²) in [5.41, 5.74) is 0.672. The van der Waals surface area contributed by atoms with Crippen LogP contribution >= 0.6 is 11.6 Å². The van der Waals surface area contributed by atoms with Gasteiger partial charge in [-0.15, -0.1) is 9.25 Å². The Labute approximate surface area is 146 Å². The van der Waals surface area contributed by atoms with E-state index in [1.54, 1.807) is 30.3 Å². The summed E-state index contributed by atoms with van der Waals surface area (Å²) in [5, 5.41) is 1.28. The van der Waals surface area contributed by atoms with Crippen molar-refractivity contribution in [1.82, 2.24) is 9.25 Å². The first-order valence-corrected chi connectivity index (χ1v) is 10.1. The van der Waals surface area contributed by atoms with Gasteiger partial charge < -0.3 is 0 Å². The molecule has 0 aromatic heterocycles. The maximum absolute atomic E-state index is 12.3. The fourth-order valence-corrected chi connectivity index (χ4v) is 4.14. The second kappa shape index (κ2) is 7.45. The molecule has 0 bridgehead atoms. The van der Waals surface area contributed by atoms with Gasteiger partial charge in [-0.05, 0) is 35.9 Å². The molecule has 24 heavy (non-hydrogen) atoms. The molecule has 9 heteroatoms. The second-order valence-electron chi connectivity index (χ2n) is 4.78. The maximum atomic E-state index is 12.3. The highest BCUT2D eigenvalue weighted by molar-refractivity contribution is 7.94. The van der Waals surface area contributed by atoms with Gasteiger partial charge >= 0.3 is 0 Å². The minimum Gasteiger partial charge on any atom is -0.206 e. The predicted molar refractivity (Wildman–Crippen MR) is 93.9 cm³/mol. The maximum Gasteiger partial charge on any atom is 0.256 e. The lowest BCUT2D eigenvalue weighted by molar-refractivity contribution is 0.435. The summed E-state index contributed by atoms with van der Waals surface area (Å²) in [7, 11) is -6.90. The Morgan fingerprint density at radius 2 is 1.54 bits per heavy atom. The Morgan fingerprint density at radius 1 is 0.958 bits per heavy atom. The largest absolute Gasteiger partial charge is 0.256 e. The summed E-state index contributed by atoms with van der Waals surface area (Å²) >= 11 is 5.72. The molecule has 0 aliphatic rings. The second-order valence-corrected chi connectivity index (χ2v) is 8.73. The van der Waals surface area contributed by atoms with Crippen LogP contribution in [0.1, 0.15) is 5.56 Å². The highest BCUT2D eigenvalue weighted by atomic mass is 35.5. The molecule has 2 aromatic carbocycles. The van der Waals surface area contributed by atoms with E-state index in [1.165, 1.54) is 30.3 Å². The summed E-state index contributed by atoms with van der Waals surface area (Å²) in [6, 6.07) is 14.2. The van der Waals surface area contributed by atoms with Crippen molar-refractivity contribution in [3.8, 4) is 0 Å². The Kier molecular flexibility index (Phi) is 5.79. The Hall–Kier alpha value is -1.71. The lowest BCUT2D eigenvalue weighted by Gasteiger charge is -2.17. The van der Waals surface area contributed by atoms with Crippen molar-refractivity contribution >= 4 is 37.7 Å². The molecule has 0 radical (unpaired) electrons. The Bertz CT molecular complexity index is 925. The number of nitrogens with zero attached hydrogens (tertiary/aromatic N) is 1. The molecule has 0 unspecified atom stereocenters. The molecule has 0 aliphatic heterocycles. The van der Waals surface area contributed by atoms with E-state index in [9.17, 15) is 16.8 Å². The summed E-state index contributed by atoms with van der Waals surface area (Å²) in [4.78, 5) is 1.90. The topological polar surface area (TPSA) is 83.6 Å². The zero-order valence-electron chi connectivity index (χ0n) is 12.6. The summed E-state index contributed by atoms with van der Waals surface area (Å²) in [5.74, 6) is 0. The number of benzene rings is 2. The van der Waals surface area contributed by atoms with E-state index < -0.39 is 20.0 Å². The van der Waals surface area contributed by atoms with Crippen LogP contribution in [0.15, 0.2) is 64.9 Å². The zero-order valence-corrected chi connectivity index (χ0v) is 15.0. The van der Waals surface area contributed by atoms with Crippen LogP contribution in [0.5, 0.6) is 0 Å². The predicted octanol–water partition coefficient (Wildman–Crippen LogP) is 2.47. The molecular formula is C15H15ClN2O4S2. The third-order valence-electron chi connectivity index (χ3n) is 2.97. The average molecular weight is 387 g/mol. The molecule has 2 rings (SSSR count). The molecule has 0 amide bonds. The van der Waals surface area contributed by atoms with Crippen LogP contribution in [0.25, 0.3) is 6.08 Å². The number of hydrogen-bond acceptors (Lipinski definition) is 4. The van der Waals surface area contributed by atoms with Crippen molar-refractivity contribution in [2.24, 2.45) is 0 Å². The normalized spacial score (nSPS) is 12.8. The molecule has 0 atom stereocenters. The molecule has 0 saturated carbocycles. The highest BCUT2D eigenvalue weighted by Gasteiger charge is 2.24. The molecule has 6 nitrogen and oxygen atoms in total. The Morgan fingerprint density at radius 3 is 2.12 bits per heavy atom. The average Bonchev–Trinajstić information content (AvgIpc) is 2.54. The van der Waals surface area contributed by atoms with Gasteiger partial charge in [-0.1, -0.05) is 41.9 Å². The van der Waals surface area contributed by atoms with Crippen LogP contribution in [-0.4, -0.2) is 28.3 Å². The summed E-state index contributed by atoms with van der Waals surface area (Å²) in [6.07, 6.45) is 1.37. The van der Waals surface area contributed by atoms with Crippen LogP contribution in [0.4, 0.5) is 0 Å². The van der Waals surface area contributed by atoms with E-state index in [0.717, 1.165) is 12.5 Å². The lowest BCUT2D eigenvalue weighted by Crippen LogP contribution is -2.42.